The largest absolute Gasteiger partial charge is 0.310 e. The highest BCUT2D eigenvalue weighted by atomic mass is 35.5. The number of hydrogen-bond donors (Lipinski definition) is 1. The van der Waals surface area contributed by atoms with Gasteiger partial charge in [0.25, 0.3) is 0 Å². The first-order valence-corrected chi connectivity index (χ1v) is 5.30. The van der Waals surface area contributed by atoms with Gasteiger partial charge in [-0.15, -0.1) is 6.58 Å². The van der Waals surface area contributed by atoms with Crippen LogP contribution in [0.4, 0.5) is 4.39 Å². The van der Waals surface area contributed by atoms with Gasteiger partial charge in [-0.05, 0) is 19.4 Å². The lowest BCUT2D eigenvalue weighted by Gasteiger charge is -2.12. The molecule has 1 unspecified atom stereocenters. The highest BCUT2D eigenvalue weighted by Gasteiger charge is 2.06. The van der Waals surface area contributed by atoms with Crippen molar-refractivity contribution in [3.8, 4) is 0 Å². The molecule has 0 saturated carbocycles. The SMILES string of the molecule is C=CCC(C)NCc1cccc(Cl)c1F. The van der Waals surface area contributed by atoms with Crippen molar-refractivity contribution in [2.75, 3.05) is 0 Å². The normalized spacial score (nSPS) is 12.5. The fraction of sp³-hybridized carbons (Fsp3) is 0.333. The minimum Gasteiger partial charge on any atom is -0.310 e. The smallest absolute Gasteiger partial charge is 0.146 e. The molecule has 1 aromatic carbocycles. The first-order valence-electron chi connectivity index (χ1n) is 4.92. The Morgan fingerprint density at radius 3 is 3.00 bits per heavy atom. The Morgan fingerprint density at radius 1 is 1.60 bits per heavy atom. The molecule has 1 N–H and O–H groups in total. The average Bonchev–Trinajstić information content (AvgIpc) is 2.21. The van der Waals surface area contributed by atoms with Gasteiger partial charge in [0.15, 0.2) is 0 Å². The topological polar surface area (TPSA) is 12.0 Å². The fourth-order valence-corrected chi connectivity index (χ4v) is 1.50. The quantitative estimate of drug-likeness (QED) is 0.759. The molecular weight excluding hydrogens is 213 g/mol. The molecule has 0 amide bonds. The molecule has 1 atom stereocenters. The van der Waals surface area contributed by atoms with Crippen LogP contribution in [0.15, 0.2) is 30.9 Å². The molecule has 0 aliphatic heterocycles. The van der Waals surface area contributed by atoms with Crippen molar-refractivity contribution >= 4 is 11.6 Å². The van der Waals surface area contributed by atoms with E-state index in [4.69, 9.17) is 11.6 Å². The lowest BCUT2D eigenvalue weighted by molar-refractivity contribution is 0.531. The van der Waals surface area contributed by atoms with Crippen molar-refractivity contribution < 1.29 is 4.39 Å². The second-order valence-electron chi connectivity index (χ2n) is 3.52. The Bertz CT molecular complexity index is 338. The van der Waals surface area contributed by atoms with Crippen LogP contribution in [0.3, 0.4) is 0 Å². The van der Waals surface area contributed by atoms with E-state index in [0.717, 1.165) is 6.42 Å². The van der Waals surface area contributed by atoms with Crippen molar-refractivity contribution in [3.63, 3.8) is 0 Å². The van der Waals surface area contributed by atoms with E-state index in [9.17, 15) is 4.39 Å². The summed E-state index contributed by atoms with van der Waals surface area (Å²) in [5, 5.41) is 3.37. The highest BCUT2D eigenvalue weighted by molar-refractivity contribution is 6.30. The molecule has 0 radical (unpaired) electrons. The molecule has 0 heterocycles. The second kappa shape index (κ2) is 5.89. The fourth-order valence-electron chi connectivity index (χ4n) is 1.30. The van der Waals surface area contributed by atoms with Crippen LogP contribution in [0.1, 0.15) is 18.9 Å². The highest BCUT2D eigenvalue weighted by Crippen LogP contribution is 2.17. The van der Waals surface area contributed by atoms with Gasteiger partial charge in [0.1, 0.15) is 5.82 Å². The van der Waals surface area contributed by atoms with Gasteiger partial charge >= 0.3 is 0 Å². The second-order valence-corrected chi connectivity index (χ2v) is 3.93. The lowest BCUT2D eigenvalue weighted by Crippen LogP contribution is -2.25. The first-order chi connectivity index (χ1) is 7.15. The number of halogens is 2. The van der Waals surface area contributed by atoms with Crippen LogP contribution < -0.4 is 5.32 Å². The van der Waals surface area contributed by atoms with E-state index >= 15 is 0 Å². The summed E-state index contributed by atoms with van der Waals surface area (Å²) < 4.78 is 13.4. The number of hydrogen-bond acceptors (Lipinski definition) is 1. The zero-order chi connectivity index (χ0) is 11.3. The summed E-state index contributed by atoms with van der Waals surface area (Å²) in [6.07, 6.45) is 2.70. The Balaban J connectivity index is 2.57. The van der Waals surface area contributed by atoms with Crippen molar-refractivity contribution in [2.24, 2.45) is 0 Å². The van der Waals surface area contributed by atoms with Crippen LogP contribution >= 0.6 is 11.6 Å². The minimum atomic E-state index is -0.336. The predicted molar refractivity (Wildman–Crippen MR) is 62.5 cm³/mol. The monoisotopic (exact) mass is 227 g/mol. The number of rotatable bonds is 5. The summed E-state index contributed by atoms with van der Waals surface area (Å²) in [5.41, 5.74) is 0.596. The van der Waals surface area contributed by atoms with Crippen molar-refractivity contribution in [1.82, 2.24) is 5.32 Å². The first kappa shape index (κ1) is 12.2. The molecule has 15 heavy (non-hydrogen) atoms. The van der Waals surface area contributed by atoms with Crippen molar-refractivity contribution in [1.29, 1.82) is 0 Å². The maximum Gasteiger partial charge on any atom is 0.146 e. The van der Waals surface area contributed by atoms with Gasteiger partial charge in [0.05, 0.1) is 5.02 Å². The summed E-state index contributed by atoms with van der Waals surface area (Å²) >= 11 is 5.67. The van der Waals surface area contributed by atoms with E-state index in [2.05, 4.69) is 11.9 Å². The van der Waals surface area contributed by atoms with Crippen LogP contribution in [-0.4, -0.2) is 6.04 Å². The molecule has 1 rings (SSSR count). The van der Waals surface area contributed by atoms with E-state index < -0.39 is 0 Å². The third-order valence-corrected chi connectivity index (χ3v) is 2.48. The van der Waals surface area contributed by atoms with Gasteiger partial charge in [0.2, 0.25) is 0 Å². The van der Waals surface area contributed by atoms with Gasteiger partial charge in [-0.1, -0.05) is 29.8 Å². The summed E-state index contributed by atoms with van der Waals surface area (Å²) in [6.45, 7) is 6.17. The molecule has 0 saturated heterocycles. The molecule has 1 aromatic rings. The Morgan fingerprint density at radius 2 is 2.33 bits per heavy atom. The molecule has 0 fully saturated rings. The molecule has 3 heteroatoms. The van der Waals surface area contributed by atoms with Crippen LogP contribution in [0, 0.1) is 5.82 Å². The van der Waals surface area contributed by atoms with Gasteiger partial charge in [0, 0.05) is 18.2 Å². The van der Waals surface area contributed by atoms with Gasteiger partial charge in [-0.25, -0.2) is 4.39 Å². The van der Waals surface area contributed by atoms with Crippen LogP contribution in [0.2, 0.25) is 5.02 Å². The molecule has 0 aliphatic rings. The minimum absolute atomic E-state index is 0.172. The summed E-state index contributed by atoms with van der Waals surface area (Å²) in [5.74, 6) is -0.336. The molecule has 1 nitrogen and oxygen atoms in total. The molecule has 0 aromatic heterocycles. The van der Waals surface area contributed by atoms with E-state index in [1.54, 1.807) is 18.2 Å². The zero-order valence-corrected chi connectivity index (χ0v) is 9.52. The summed E-state index contributed by atoms with van der Waals surface area (Å²) in [4.78, 5) is 0. The summed E-state index contributed by atoms with van der Waals surface area (Å²) in [6, 6.07) is 5.32. The van der Waals surface area contributed by atoms with Gasteiger partial charge < -0.3 is 5.32 Å². The average molecular weight is 228 g/mol. The van der Waals surface area contributed by atoms with Crippen molar-refractivity contribution in [2.45, 2.75) is 25.9 Å². The van der Waals surface area contributed by atoms with E-state index in [1.807, 2.05) is 13.0 Å². The van der Waals surface area contributed by atoms with E-state index in [-0.39, 0.29) is 10.8 Å². The maximum atomic E-state index is 13.4. The van der Waals surface area contributed by atoms with Crippen LogP contribution in [-0.2, 0) is 6.54 Å². The maximum absolute atomic E-state index is 13.4. The Hall–Kier alpha value is -0.860. The molecular formula is C12H15ClFN. The third kappa shape index (κ3) is 3.65. The Kier molecular flexibility index (Phi) is 4.79. The number of benzene rings is 1. The molecule has 0 spiro atoms. The predicted octanol–water partition coefficient (Wildman–Crippen LogP) is 3.53. The lowest BCUT2D eigenvalue weighted by atomic mass is 10.2. The zero-order valence-electron chi connectivity index (χ0n) is 8.76. The molecule has 0 aliphatic carbocycles. The summed E-state index contributed by atoms with van der Waals surface area (Å²) in [7, 11) is 0. The van der Waals surface area contributed by atoms with Gasteiger partial charge in [-0.2, -0.15) is 0 Å². The van der Waals surface area contributed by atoms with Crippen LogP contribution in [0.25, 0.3) is 0 Å². The van der Waals surface area contributed by atoms with Gasteiger partial charge in [-0.3, -0.25) is 0 Å². The third-order valence-electron chi connectivity index (χ3n) is 2.19. The molecule has 82 valence electrons. The molecule has 0 bridgehead atoms. The number of nitrogens with one attached hydrogen (secondary N) is 1. The van der Waals surface area contributed by atoms with Crippen molar-refractivity contribution in [3.05, 3.63) is 47.3 Å². The standard InChI is InChI=1S/C12H15ClFN/c1-3-5-9(2)15-8-10-6-4-7-11(13)12(10)14/h3-4,6-7,9,15H,1,5,8H2,2H3. The van der Waals surface area contributed by atoms with E-state index in [0.29, 0.717) is 18.2 Å². The van der Waals surface area contributed by atoms with Crippen LogP contribution in [0.5, 0.6) is 0 Å². The van der Waals surface area contributed by atoms with E-state index in [1.165, 1.54) is 0 Å². The Labute approximate surface area is 95.0 Å².